The van der Waals surface area contributed by atoms with Crippen LogP contribution < -0.4 is 10.1 Å². The van der Waals surface area contributed by atoms with Gasteiger partial charge in [-0.15, -0.1) is 0 Å². The largest absolute Gasteiger partial charge is 0.512 e. The van der Waals surface area contributed by atoms with Gasteiger partial charge >= 0.3 is 0 Å². The van der Waals surface area contributed by atoms with Gasteiger partial charge in [0, 0.05) is 22.4 Å². The molecule has 3 rings (SSSR count). The van der Waals surface area contributed by atoms with Crippen LogP contribution in [-0.4, -0.2) is 16.7 Å². The van der Waals surface area contributed by atoms with Gasteiger partial charge in [0.05, 0.1) is 11.3 Å². The Morgan fingerprint density at radius 1 is 1.58 bits per heavy atom. The first-order valence-electron chi connectivity index (χ1n) is 6.10. The van der Waals surface area contributed by atoms with Gasteiger partial charge in [-0.2, -0.15) is 0 Å². The molecule has 1 saturated heterocycles. The predicted molar refractivity (Wildman–Crippen MR) is 74.0 cm³/mol. The summed E-state index contributed by atoms with van der Waals surface area (Å²) in [6, 6.07) is 5.73. The van der Waals surface area contributed by atoms with Gasteiger partial charge in [0.1, 0.15) is 5.75 Å². The summed E-state index contributed by atoms with van der Waals surface area (Å²) in [5.74, 6) is 0.424. The van der Waals surface area contributed by atoms with Gasteiger partial charge in [0.2, 0.25) is 0 Å². The van der Waals surface area contributed by atoms with Gasteiger partial charge in [-0.1, -0.05) is 15.9 Å². The Hall–Kier alpha value is -1.49. The molecule has 100 valence electrons. The third kappa shape index (κ3) is 1.92. The number of benzene rings is 1. The van der Waals surface area contributed by atoms with Gasteiger partial charge in [-0.3, -0.25) is 4.79 Å². The molecule has 0 radical (unpaired) electrons. The highest BCUT2D eigenvalue weighted by Crippen LogP contribution is 2.47. The zero-order chi connectivity index (χ0) is 13.8. The molecule has 2 unspecified atom stereocenters. The second kappa shape index (κ2) is 4.00. The highest BCUT2D eigenvalue weighted by atomic mass is 79.9. The number of hydrogen-bond acceptors (Lipinski definition) is 3. The lowest BCUT2D eigenvalue weighted by atomic mass is 9.78. The number of aliphatic hydroxyl groups excluding tert-OH is 1. The molecule has 2 atom stereocenters. The molecular weight excluding hydrogens is 310 g/mol. The zero-order valence-electron chi connectivity index (χ0n) is 10.7. The van der Waals surface area contributed by atoms with Crippen LogP contribution in [0.25, 0.3) is 0 Å². The second-order valence-electron chi connectivity index (χ2n) is 5.22. The number of hydrogen-bond donors (Lipinski definition) is 2. The first-order valence-corrected chi connectivity index (χ1v) is 6.90. The van der Waals surface area contributed by atoms with E-state index in [1.807, 2.05) is 25.1 Å². The molecule has 2 aliphatic rings. The number of piperidine rings is 1. The molecule has 2 bridgehead atoms. The van der Waals surface area contributed by atoms with Crippen molar-refractivity contribution in [1.29, 1.82) is 0 Å². The predicted octanol–water partition coefficient (Wildman–Crippen LogP) is 2.99. The molecular formula is C14H14BrNO3. The molecule has 0 aromatic heterocycles. The number of carbonyl (C=O) groups is 1. The maximum Gasteiger partial charge on any atom is 0.254 e. The Labute approximate surface area is 119 Å². The smallest absolute Gasteiger partial charge is 0.254 e. The summed E-state index contributed by atoms with van der Waals surface area (Å²) < 4.78 is 6.82. The van der Waals surface area contributed by atoms with Crippen molar-refractivity contribution >= 4 is 21.8 Å². The fourth-order valence-electron chi connectivity index (χ4n) is 2.88. The average Bonchev–Trinajstić information content (AvgIpc) is 2.28. The number of carbonyl (C=O) groups excluding carboxylic acids is 1. The van der Waals surface area contributed by atoms with E-state index in [4.69, 9.17) is 4.74 Å². The van der Waals surface area contributed by atoms with Crippen molar-refractivity contribution in [2.45, 2.75) is 31.9 Å². The number of amides is 1. The number of fused-ring (bicyclic) bond motifs is 4. The van der Waals surface area contributed by atoms with Gasteiger partial charge in [0.25, 0.3) is 5.91 Å². The Bertz CT molecular complexity index is 607. The lowest BCUT2D eigenvalue weighted by Crippen LogP contribution is -2.58. The molecule has 0 saturated carbocycles. The van der Waals surface area contributed by atoms with Gasteiger partial charge < -0.3 is 15.2 Å². The molecule has 5 heteroatoms. The Balaban J connectivity index is 2.22. The van der Waals surface area contributed by atoms with Crippen molar-refractivity contribution in [3.05, 3.63) is 39.6 Å². The fraction of sp³-hybridized carbons (Fsp3) is 0.357. The van der Waals surface area contributed by atoms with E-state index in [-0.39, 0.29) is 17.6 Å². The third-order valence-corrected chi connectivity index (χ3v) is 4.13. The molecule has 4 nitrogen and oxygen atoms in total. The number of nitrogens with one attached hydrogen (secondary N) is 1. The zero-order valence-corrected chi connectivity index (χ0v) is 12.2. The second-order valence-corrected chi connectivity index (χ2v) is 6.14. The van der Waals surface area contributed by atoms with E-state index in [1.165, 1.54) is 0 Å². The van der Waals surface area contributed by atoms with E-state index in [9.17, 15) is 9.90 Å². The maximum absolute atomic E-state index is 12.1. The minimum absolute atomic E-state index is 0.0670. The van der Waals surface area contributed by atoms with Gasteiger partial charge in [0.15, 0.2) is 5.72 Å². The highest BCUT2D eigenvalue weighted by molar-refractivity contribution is 9.10. The average molecular weight is 324 g/mol. The minimum Gasteiger partial charge on any atom is -0.512 e. The topological polar surface area (TPSA) is 58.6 Å². The standard InChI is InChI=1S/C14H14BrNO3/c1-7(17)12-10-6-14(2,16-13(12)18)19-11-4-3-8(15)5-9(10)11/h3-5,10,17H,6H2,1-2H3,(H,16,18)/b12-7-. The maximum atomic E-state index is 12.1. The lowest BCUT2D eigenvalue weighted by Gasteiger charge is -2.45. The first kappa shape index (κ1) is 12.5. The van der Waals surface area contributed by atoms with E-state index in [0.29, 0.717) is 12.0 Å². The molecule has 0 aliphatic carbocycles. The Kier molecular flexibility index (Phi) is 2.64. The molecule has 19 heavy (non-hydrogen) atoms. The van der Waals surface area contributed by atoms with Crippen LogP contribution in [0, 0.1) is 0 Å². The first-order chi connectivity index (χ1) is 8.89. The fourth-order valence-corrected chi connectivity index (χ4v) is 3.26. The van der Waals surface area contributed by atoms with Crippen molar-refractivity contribution in [1.82, 2.24) is 5.32 Å². The summed E-state index contributed by atoms with van der Waals surface area (Å²) in [5, 5.41) is 12.6. The summed E-state index contributed by atoms with van der Waals surface area (Å²) in [6.07, 6.45) is 0.620. The van der Waals surface area contributed by atoms with E-state index in [1.54, 1.807) is 6.92 Å². The number of rotatable bonds is 0. The molecule has 0 spiro atoms. The summed E-state index contributed by atoms with van der Waals surface area (Å²) in [6.45, 7) is 3.40. The van der Waals surface area contributed by atoms with E-state index >= 15 is 0 Å². The molecule has 2 N–H and O–H groups in total. The van der Waals surface area contributed by atoms with Crippen LogP contribution in [0.2, 0.25) is 0 Å². The molecule has 1 amide bonds. The summed E-state index contributed by atoms with van der Waals surface area (Å²) in [5.41, 5.74) is 0.659. The highest BCUT2D eigenvalue weighted by Gasteiger charge is 2.47. The summed E-state index contributed by atoms with van der Waals surface area (Å²) in [4.78, 5) is 12.1. The molecule has 2 heterocycles. The number of aliphatic hydroxyl groups is 1. The quantitative estimate of drug-likeness (QED) is 0.570. The number of ether oxygens (including phenoxy) is 1. The summed E-state index contributed by atoms with van der Waals surface area (Å²) >= 11 is 3.43. The van der Waals surface area contributed by atoms with E-state index < -0.39 is 5.72 Å². The Morgan fingerprint density at radius 2 is 2.32 bits per heavy atom. The molecule has 1 aromatic carbocycles. The third-order valence-electron chi connectivity index (χ3n) is 3.64. The van der Waals surface area contributed by atoms with Gasteiger partial charge in [-0.25, -0.2) is 0 Å². The van der Waals surface area contributed by atoms with Crippen LogP contribution in [-0.2, 0) is 4.79 Å². The van der Waals surface area contributed by atoms with Crippen molar-refractivity contribution < 1.29 is 14.6 Å². The van der Waals surface area contributed by atoms with E-state index in [0.717, 1.165) is 15.8 Å². The Morgan fingerprint density at radius 3 is 3.00 bits per heavy atom. The van der Waals surface area contributed by atoms with Crippen LogP contribution in [0.15, 0.2) is 34.0 Å². The van der Waals surface area contributed by atoms with Crippen LogP contribution in [0.3, 0.4) is 0 Å². The molecule has 1 fully saturated rings. The normalized spacial score (nSPS) is 31.1. The number of halogens is 1. The van der Waals surface area contributed by atoms with Crippen molar-refractivity contribution in [2.75, 3.05) is 0 Å². The van der Waals surface area contributed by atoms with E-state index in [2.05, 4.69) is 21.2 Å². The van der Waals surface area contributed by atoms with Crippen LogP contribution >= 0.6 is 15.9 Å². The molecule has 1 aromatic rings. The SMILES string of the molecule is C/C(O)=C1/C(=O)NC2(C)CC1c1cc(Br)ccc1O2. The minimum atomic E-state index is -0.707. The number of allylic oxidation sites excluding steroid dienone is 1. The van der Waals surface area contributed by atoms with Gasteiger partial charge in [-0.05, 0) is 32.0 Å². The van der Waals surface area contributed by atoms with Crippen LogP contribution in [0.4, 0.5) is 0 Å². The van der Waals surface area contributed by atoms with Crippen LogP contribution in [0.1, 0.15) is 31.7 Å². The van der Waals surface area contributed by atoms with Crippen molar-refractivity contribution in [3.8, 4) is 5.75 Å². The molecule has 2 aliphatic heterocycles. The van der Waals surface area contributed by atoms with Crippen molar-refractivity contribution in [2.24, 2.45) is 0 Å². The lowest BCUT2D eigenvalue weighted by molar-refractivity contribution is -0.127. The van der Waals surface area contributed by atoms with Crippen LogP contribution in [0.5, 0.6) is 5.75 Å². The monoisotopic (exact) mass is 323 g/mol. The summed E-state index contributed by atoms with van der Waals surface area (Å²) in [7, 11) is 0. The van der Waals surface area contributed by atoms with Crippen molar-refractivity contribution in [3.63, 3.8) is 0 Å².